The largest absolute Gasteiger partial charge is 0.466 e. The minimum Gasteiger partial charge on any atom is -0.466 e. The average molecular weight is 1010 g/mol. The third kappa shape index (κ3) is 57.4. The summed E-state index contributed by atoms with van der Waals surface area (Å²) < 4.78 is 5.46. The van der Waals surface area contributed by atoms with Crippen molar-refractivity contribution in [3.63, 3.8) is 0 Å². The van der Waals surface area contributed by atoms with Crippen LogP contribution in [0.2, 0.25) is 0 Å². The van der Waals surface area contributed by atoms with Crippen molar-refractivity contribution in [2.75, 3.05) is 13.2 Å². The molecule has 0 aromatic carbocycles. The molecule has 0 saturated carbocycles. The molecule has 0 saturated heterocycles. The summed E-state index contributed by atoms with van der Waals surface area (Å²) in [6, 6.07) is -0.639. The number of unbranched alkanes of at least 4 members (excludes halogenated alkanes) is 45. The molecule has 0 aliphatic carbocycles. The molecule has 0 spiro atoms. The minimum atomic E-state index is -0.854. The number of hydrogen-bond donors (Lipinski definition) is 3. The number of esters is 1. The Morgan fingerprint density at radius 2 is 0.653 bits per heavy atom. The van der Waals surface area contributed by atoms with Gasteiger partial charge in [-0.05, 0) is 83.5 Å². The Kier molecular flexibility index (Phi) is 60.0. The standard InChI is InChI=1S/C66H125NO5/c1-3-5-7-9-11-13-15-17-18-19-20-21-22-23-24-25-26-28-31-35-38-42-46-50-54-58-64(69)63(62-68)67-65(70)59-55-51-47-43-39-36-32-29-27-30-33-37-41-45-49-53-57-61-72-66(71)60-56-52-48-44-40-34-16-14-12-10-8-6-4-2/h14,16,27,30,54,58,63-64,68-69H,3-13,15,17-26,28-29,31-53,55-57,59-62H2,1-2H3,(H,67,70)/b16-14-,30-27-,58-54+. The summed E-state index contributed by atoms with van der Waals surface area (Å²) in [6.07, 6.45) is 77.6. The second-order valence-electron chi connectivity index (χ2n) is 22.1. The van der Waals surface area contributed by atoms with Crippen molar-refractivity contribution in [3.8, 4) is 0 Å². The van der Waals surface area contributed by atoms with E-state index in [1.54, 1.807) is 6.08 Å². The number of amides is 1. The fourth-order valence-electron chi connectivity index (χ4n) is 9.92. The van der Waals surface area contributed by atoms with Crippen LogP contribution >= 0.6 is 0 Å². The van der Waals surface area contributed by atoms with E-state index in [1.807, 2.05) is 6.08 Å². The summed E-state index contributed by atoms with van der Waals surface area (Å²) in [4.78, 5) is 24.5. The second kappa shape index (κ2) is 61.6. The van der Waals surface area contributed by atoms with Gasteiger partial charge >= 0.3 is 5.97 Å². The van der Waals surface area contributed by atoms with Gasteiger partial charge in [0.2, 0.25) is 5.91 Å². The van der Waals surface area contributed by atoms with E-state index >= 15 is 0 Å². The van der Waals surface area contributed by atoms with Crippen LogP contribution < -0.4 is 5.32 Å². The van der Waals surface area contributed by atoms with Gasteiger partial charge in [0.25, 0.3) is 0 Å². The average Bonchev–Trinajstić information content (AvgIpc) is 3.38. The van der Waals surface area contributed by atoms with Gasteiger partial charge in [0.15, 0.2) is 0 Å². The molecule has 72 heavy (non-hydrogen) atoms. The molecule has 0 aliphatic rings. The summed E-state index contributed by atoms with van der Waals surface area (Å²) in [5.41, 5.74) is 0. The van der Waals surface area contributed by atoms with E-state index in [0.717, 1.165) is 57.8 Å². The third-order valence-corrected chi connectivity index (χ3v) is 14.9. The number of aliphatic hydroxyl groups is 2. The lowest BCUT2D eigenvalue weighted by molar-refractivity contribution is -0.143. The van der Waals surface area contributed by atoms with Crippen LogP contribution in [0, 0.1) is 0 Å². The van der Waals surface area contributed by atoms with Crippen LogP contribution in [0.1, 0.15) is 348 Å². The maximum absolute atomic E-state index is 12.5. The number of aliphatic hydroxyl groups excluding tert-OH is 2. The van der Waals surface area contributed by atoms with Crippen molar-refractivity contribution in [1.82, 2.24) is 5.32 Å². The first-order valence-corrected chi connectivity index (χ1v) is 32.3. The zero-order valence-electron chi connectivity index (χ0n) is 48.4. The Balaban J connectivity index is 3.49. The van der Waals surface area contributed by atoms with E-state index in [0.29, 0.717) is 19.4 Å². The highest BCUT2D eigenvalue weighted by molar-refractivity contribution is 5.76. The van der Waals surface area contributed by atoms with Crippen LogP contribution in [0.4, 0.5) is 0 Å². The molecule has 0 bridgehead atoms. The molecule has 2 atom stereocenters. The van der Waals surface area contributed by atoms with Gasteiger partial charge in [-0.2, -0.15) is 0 Å². The van der Waals surface area contributed by atoms with Gasteiger partial charge in [0, 0.05) is 12.8 Å². The first kappa shape index (κ1) is 70.1. The van der Waals surface area contributed by atoms with Gasteiger partial charge in [0.1, 0.15) is 0 Å². The van der Waals surface area contributed by atoms with Crippen LogP contribution in [-0.2, 0) is 14.3 Å². The molecular formula is C66H125NO5. The smallest absolute Gasteiger partial charge is 0.305 e. The summed E-state index contributed by atoms with van der Waals surface area (Å²) in [7, 11) is 0. The van der Waals surface area contributed by atoms with Crippen molar-refractivity contribution < 1.29 is 24.5 Å². The molecule has 0 radical (unpaired) electrons. The Morgan fingerprint density at radius 3 is 1.00 bits per heavy atom. The Morgan fingerprint density at radius 1 is 0.375 bits per heavy atom. The quantitative estimate of drug-likeness (QED) is 0.0320. The van der Waals surface area contributed by atoms with Crippen LogP contribution in [0.5, 0.6) is 0 Å². The van der Waals surface area contributed by atoms with E-state index in [4.69, 9.17) is 4.74 Å². The van der Waals surface area contributed by atoms with Gasteiger partial charge in [0.05, 0.1) is 25.4 Å². The molecule has 3 N–H and O–H groups in total. The highest BCUT2D eigenvalue weighted by Crippen LogP contribution is 2.17. The van der Waals surface area contributed by atoms with E-state index < -0.39 is 12.1 Å². The highest BCUT2D eigenvalue weighted by Gasteiger charge is 2.18. The lowest BCUT2D eigenvalue weighted by atomic mass is 10.0. The first-order chi connectivity index (χ1) is 35.5. The van der Waals surface area contributed by atoms with E-state index in [9.17, 15) is 19.8 Å². The predicted octanol–water partition coefficient (Wildman–Crippen LogP) is 20.4. The van der Waals surface area contributed by atoms with Gasteiger partial charge in [-0.3, -0.25) is 9.59 Å². The lowest BCUT2D eigenvalue weighted by Gasteiger charge is -2.20. The molecule has 2 unspecified atom stereocenters. The number of nitrogens with one attached hydrogen (secondary N) is 1. The van der Waals surface area contributed by atoms with Crippen molar-refractivity contribution in [2.45, 2.75) is 360 Å². The summed E-state index contributed by atoms with van der Waals surface area (Å²) in [5.74, 6) is -0.0888. The minimum absolute atomic E-state index is 0.0116. The lowest BCUT2D eigenvalue weighted by Crippen LogP contribution is -2.45. The maximum atomic E-state index is 12.5. The zero-order valence-corrected chi connectivity index (χ0v) is 48.4. The fraction of sp³-hybridized carbons (Fsp3) is 0.879. The molecule has 6 heteroatoms. The molecule has 0 aromatic rings. The maximum Gasteiger partial charge on any atom is 0.305 e. The normalized spacial score (nSPS) is 12.8. The van der Waals surface area contributed by atoms with Crippen molar-refractivity contribution in [3.05, 3.63) is 36.5 Å². The zero-order chi connectivity index (χ0) is 52.2. The van der Waals surface area contributed by atoms with E-state index in [-0.39, 0.29) is 18.5 Å². The fourth-order valence-corrected chi connectivity index (χ4v) is 9.92. The molecule has 424 valence electrons. The summed E-state index contributed by atoms with van der Waals surface area (Å²) >= 11 is 0. The molecular weight excluding hydrogens is 887 g/mol. The molecule has 1 amide bonds. The highest BCUT2D eigenvalue weighted by atomic mass is 16.5. The summed E-state index contributed by atoms with van der Waals surface area (Å²) in [5, 5.41) is 23.2. The summed E-state index contributed by atoms with van der Waals surface area (Å²) in [6.45, 7) is 4.89. The van der Waals surface area contributed by atoms with Crippen molar-refractivity contribution >= 4 is 11.9 Å². The number of carbonyl (C=O) groups excluding carboxylic acids is 2. The van der Waals surface area contributed by atoms with E-state index in [1.165, 1.54) is 263 Å². The van der Waals surface area contributed by atoms with Crippen molar-refractivity contribution in [1.29, 1.82) is 0 Å². The Labute approximate surface area is 449 Å². The first-order valence-electron chi connectivity index (χ1n) is 32.3. The monoisotopic (exact) mass is 1010 g/mol. The number of rotatable bonds is 60. The topological polar surface area (TPSA) is 95.9 Å². The Bertz CT molecular complexity index is 1170. The second-order valence-corrected chi connectivity index (χ2v) is 22.1. The predicted molar refractivity (Wildman–Crippen MR) is 315 cm³/mol. The molecule has 0 fully saturated rings. The van der Waals surface area contributed by atoms with Gasteiger partial charge < -0.3 is 20.3 Å². The van der Waals surface area contributed by atoms with Crippen LogP contribution in [-0.4, -0.2) is 47.4 Å². The SMILES string of the molecule is CCCCCC/C=C\CCCCCCCC(=O)OCCCCCCCC/C=C\CCCCCCCCCC(=O)NC(CO)C(O)/C=C/CCCCCCCCCCCCCCCCCCCCCCCCC. The molecule has 0 aliphatic heterocycles. The third-order valence-electron chi connectivity index (χ3n) is 14.9. The molecule has 0 heterocycles. The van der Waals surface area contributed by atoms with Gasteiger partial charge in [-0.25, -0.2) is 0 Å². The van der Waals surface area contributed by atoms with Crippen LogP contribution in [0.15, 0.2) is 36.5 Å². The van der Waals surface area contributed by atoms with Crippen LogP contribution in [0.25, 0.3) is 0 Å². The van der Waals surface area contributed by atoms with E-state index in [2.05, 4.69) is 43.5 Å². The molecule has 6 nitrogen and oxygen atoms in total. The van der Waals surface area contributed by atoms with Crippen molar-refractivity contribution in [2.24, 2.45) is 0 Å². The Hall–Kier alpha value is -1.92. The molecule has 0 aromatic heterocycles. The van der Waals surface area contributed by atoms with Crippen LogP contribution in [0.3, 0.4) is 0 Å². The number of allylic oxidation sites excluding steroid dienone is 5. The number of hydrogen-bond acceptors (Lipinski definition) is 5. The number of carbonyl (C=O) groups is 2. The molecule has 0 rings (SSSR count). The van der Waals surface area contributed by atoms with Gasteiger partial charge in [-0.1, -0.05) is 288 Å². The van der Waals surface area contributed by atoms with Gasteiger partial charge in [-0.15, -0.1) is 0 Å². The number of ether oxygens (including phenoxy) is 1.